The van der Waals surface area contributed by atoms with E-state index in [4.69, 9.17) is 9.15 Å². The smallest absolute Gasteiger partial charge is 0.197 e. The molecular formula is C13H15NO3. The van der Waals surface area contributed by atoms with E-state index >= 15 is 0 Å². The molecule has 2 aromatic rings. The molecule has 0 saturated heterocycles. The van der Waals surface area contributed by atoms with E-state index in [2.05, 4.69) is 4.98 Å². The first-order valence-corrected chi connectivity index (χ1v) is 5.44. The summed E-state index contributed by atoms with van der Waals surface area (Å²) in [4.78, 5) is 4.36. The van der Waals surface area contributed by atoms with Crippen LogP contribution in [-0.4, -0.2) is 17.2 Å². The van der Waals surface area contributed by atoms with Gasteiger partial charge in [0, 0.05) is 11.5 Å². The molecule has 0 radical (unpaired) electrons. The Kier molecular flexibility index (Phi) is 3.04. The Morgan fingerprint density at radius 1 is 1.35 bits per heavy atom. The Balaban J connectivity index is 2.36. The first-order chi connectivity index (χ1) is 8.11. The normalized spacial score (nSPS) is 10.8. The summed E-state index contributed by atoms with van der Waals surface area (Å²) in [5.74, 6) is 1.48. The third kappa shape index (κ3) is 2.25. The molecule has 0 aliphatic carbocycles. The van der Waals surface area contributed by atoms with Crippen molar-refractivity contribution in [2.75, 3.05) is 7.11 Å². The highest BCUT2D eigenvalue weighted by Crippen LogP contribution is 2.31. The highest BCUT2D eigenvalue weighted by molar-refractivity contribution is 5.62. The van der Waals surface area contributed by atoms with Gasteiger partial charge in [-0.05, 0) is 18.2 Å². The van der Waals surface area contributed by atoms with E-state index < -0.39 is 0 Å². The molecule has 1 N–H and O–H groups in total. The summed E-state index contributed by atoms with van der Waals surface area (Å²) in [5, 5.41) is 9.69. The van der Waals surface area contributed by atoms with Gasteiger partial charge >= 0.3 is 0 Å². The van der Waals surface area contributed by atoms with Gasteiger partial charge in [0.25, 0.3) is 0 Å². The van der Waals surface area contributed by atoms with E-state index in [1.54, 1.807) is 18.4 Å². The van der Waals surface area contributed by atoms with Crippen LogP contribution < -0.4 is 4.74 Å². The second-order valence-corrected chi connectivity index (χ2v) is 4.11. The van der Waals surface area contributed by atoms with Crippen molar-refractivity contribution < 1.29 is 14.3 Å². The number of nitrogens with zero attached hydrogens (tertiary/aromatic N) is 1. The number of hydrogen-bond donors (Lipinski definition) is 1. The molecule has 1 heterocycles. The third-order valence-corrected chi connectivity index (χ3v) is 2.49. The van der Waals surface area contributed by atoms with Crippen molar-refractivity contribution in [3.05, 3.63) is 30.4 Å². The van der Waals surface area contributed by atoms with Crippen molar-refractivity contribution in [3.63, 3.8) is 0 Å². The van der Waals surface area contributed by atoms with Gasteiger partial charge in [-0.15, -0.1) is 0 Å². The Morgan fingerprint density at radius 3 is 2.65 bits per heavy atom. The van der Waals surface area contributed by atoms with E-state index in [9.17, 15) is 5.11 Å². The molecule has 0 bridgehead atoms. The van der Waals surface area contributed by atoms with Gasteiger partial charge in [0.15, 0.2) is 17.4 Å². The average Bonchev–Trinajstić information content (AvgIpc) is 2.78. The number of benzene rings is 1. The monoisotopic (exact) mass is 233 g/mol. The van der Waals surface area contributed by atoms with E-state index in [0.29, 0.717) is 17.3 Å². The summed E-state index contributed by atoms with van der Waals surface area (Å²) in [7, 11) is 1.52. The van der Waals surface area contributed by atoms with Crippen LogP contribution in [0, 0.1) is 0 Å². The quantitative estimate of drug-likeness (QED) is 0.884. The summed E-state index contributed by atoms with van der Waals surface area (Å²) < 4.78 is 10.3. The molecular weight excluding hydrogens is 218 g/mol. The minimum atomic E-state index is 0.0964. The third-order valence-electron chi connectivity index (χ3n) is 2.49. The number of phenolic OH excluding ortho intramolecular Hbond substituents is 1. The fourth-order valence-corrected chi connectivity index (χ4v) is 1.53. The zero-order valence-electron chi connectivity index (χ0n) is 10.1. The topological polar surface area (TPSA) is 55.5 Å². The molecule has 17 heavy (non-hydrogen) atoms. The van der Waals surface area contributed by atoms with Crippen molar-refractivity contribution in [1.29, 1.82) is 0 Å². The summed E-state index contributed by atoms with van der Waals surface area (Å²) in [6, 6.07) is 5.15. The Hall–Kier alpha value is -1.97. The van der Waals surface area contributed by atoms with Gasteiger partial charge in [0.05, 0.1) is 7.11 Å². The van der Waals surface area contributed by atoms with Crippen LogP contribution in [0.3, 0.4) is 0 Å². The minimum Gasteiger partial charge on any atom is -0.504 e. The molecule has 4 heteroatoms. The highest BCUT2D eigenvalue weighted by atomic mass is 16.5. The van der Waals surface area contributed by atoms with Gasteiger partial charge in [0.1, 0.15) is 12.0 Å². The Morgan fingerprint density at radius 2 is 2.12 bits per heavy atom. The molecule has 0 aliphatic heterocycles. The number of ether oxygens (including phenoxy) is 1. The number of rotatable bonds is 3. The van der Waals surface area contributed by atoms with E-state index in [1.165, 1.54) is 7.11 Å². The van der Waals surface area contributed by atoms with Gasteiger partial charge in [0.2, 0.25) is 0 Å². The molecule has 0 amide bonds. The van der Waals surface area contributed by atoms with Crippen molar-refractivity contribution in [2.45, 2.75) is 19.8 Å². The number of phenols is 1. The summed E-state index contributed by atoms with van der Waals surface area (Å²) >= 11 is 0. The van der Waals surface area contributed by atoms with E-state index in [0.717, 1.165) is 5.56 Å². The molecule has 0 fully saturated rings. The van der Waals surface area contributed by atoms with Crippen LogP contribution in [0.15, 0.2) is 28.9 Å². The molecule has 4 nitrogen and oxygen atoms in total. The van der Waals surface area contributed by atoms with Crippen LogP contribution in [0.1, 0.15) is 25.7 Å². The van der Waals surface area contributed by atoms with Crippen LogP contribution in [0.5, 0.6) is 11.5 Å². The van der Waals surface area contributed by atoms with Crippen LogP contribution >= 0.6 is 0 Å². The lowest BCUT2D eigenvalue weighted by atomic mass is 10.1. The van der Waals surface area contributed by atoms with E-state index in [1.807, 2.05) is 19.9 Å². The second kappa shape index (κ2) is 4.49. The van der Waals surface area contributed by atoms with Gasteiger partial charge in [-0.2, -0.15) is 0 Å². The number of oxazole rings is 1. The predicted molar refractivity (Wildman–Crippen MR) is 64.2 cm³/mol. The van der Waals surface area contributed by atoms with Crippen LogP contribution in [-0.2, 0) is 0 Å². The first-order valence-electron chi connectivity index (χ1n) is 5.44. The van der Waals surface area contributed by atoms with Crippen molar-refractivity contribution >= 4 is 0 Å². The maximum Gasteiger partial charge on any atom is 0.197 e. The molecule has 0 atom stereocenters. The van der Waals surface area contributed by atoms with Gasteiger partial charge in [-0.1, -0.05) is 13.8 Å². The maximum absolute atomic E-state index is 9.69. The lowest BCUT2D eigenvalue weighted by Crippen LogP contribution is -1.87. The largest absolute Gasteiger partial charge is 0.504 e. The maximum atomic E-state index is 9.69. The van der Waals surface area contributed by atoms with Gasteiger partial charge < -0.3 is 14.3 Å². The number of aromatic nitrogens is 1. The predicted octanol–water partition coefficient (Wildman–Crippen LogP) is 3.18. The van der Waals surface area contributed by atoms with Crippen LogP contribution in [0.2, 0.25) is 0 Å². The average molecular weight is 233 g/mol. The molecule has 0 aliphatic rings. The van der Waals surface area contributed by atoms with Gasteiger partial charge in [-0.3, -0.25) is 0 Å². The molecule has 0 unspecified atom stereocenters. The Labute approximate surface area is 99.9 Å². The van der Waals surface area contributed by atoms with Crippen molar-refractivity contribution in [2.24, 2.45) is 0 Å². The zero-order valence-corrected chi connectivity index (χ0v) is 10.1. The molecule has 2 rings (SSSR count). The molecule has 0 spiro atoms. The molecule has 1 aromatic carbocycles. The second-order valence-electron chi connectivity index (χ2n) is 4.11. The van der Waals surface area contributed by atoms with Crippen LogP contribution in [0.25, 0.3) is 11.3 Å². The van der Waals surface area contributed by atoms with Crippen molar-refractivity contribution in [1.82, 2.24) is 4.98 Å². The fourth-order valence-electron chi connectivity index (χ4n) is 1.53. The standard InChI is InChI=1S/C13H15NO3/c1-8(2)13-14-10(7-17-13)9-4-5-12(16-3)11(15)6-9/h4-8,15H,1-3H3. The molecule has 0 saturated carbocycles. The molecule has 90 valence electrons. The number of aromatic hydroxyl groups is 1. The van der Waals surface area contributed by atoms with Gasteiger partial charge in [-0.25, -0.2) is 4.98 Å². The zero-order chi connectivity index (χ0) is 12.4. The fraction of sp³-hybridized carbons (Fsp3) is 0.308. The SMILES string of the molecule is COc1ccc(-c2coc(C(C)C)n2)cc1O. The Bertz CT molecular complexity index is 517. The minimum absolute atomic E-state index is 0.0964. The summed E-state index contributed by atoms with van der Waals surface area (Å²) in [5.41, 5.74) is 1.52. The van der Waals surface area contributed by atoms with Crippen molar-refractivity contribution in [3.8, 4) is 22.8 Å². The lowest BCUT2D eigenvalue weighted by Gasteiger charge is -2.03. The first kappa shape index (κ1) is 11.5. The summed E-state index contributed by atoms with van der Waals surface area (Å²) in [6.07, 6.45) is 1.59. The summed E-state index contributed by atoms with van der Waals surface area (Å²) in [6.45, 7) is 4.03. The highest BCUT2D eigenvalue weighted by Gasteiger charge is 2.11. The van der Waals surface area contributed by atoms with E-state index in [-0.39, 0.29) is 11.7 Å². The number of hydrogen-bond acceptors (Lipinski definition) is 4. The van der Waals surface area contributed by atoms with Crippen LogP contribution in [0.4, 0.5) is 0 Å². The lowest BCUT2D eigenvalue weighted by molar-refractivity contribution is 0.373. The number of methoxy groups -OCH3 is 1. The molecule has 1 aromatic heterocycles.